The SMILES string of the molecule is CCCCOC(=O)c1ccccc1N/C=C(/C#N)C(=O)N1CCC(C(=O)O)CC1. The zero-order valence-corrected chi connectivity index (χ0v) is 16.4. The van der Waals surface area contributed by atoms with Gasteiger partial charge in [-0.1, -0.05) is 25.5 Å². The molecule has 1 saturated heterocycles. The number of nitrogens with zero attached hydrogens (tertiary/aromatic N) is 2. The van der Waals surface area contributed by atoms with Crippen LogP contribution in [0.4, 0.5) is 5.69 Å². The first-order valence-electron chi connectivity index (χ1n) is 9.63. The van der Waals surface area contributed by atoms with Crippen LogP contribution in [0.2, 0.25) is 0 Å². The molecule has 1 aromatic carbocycles. The molecule has 1 fully saturated rings. The number of likely N-dealkylation sites (tertiary alicyclic amines) is 1. The minimum Gasteiger partial charge on any atom is -0.481 e. The summed E-state index contributed by atoms with van der Waals surface area (Å²) in [6.45, 7) is 2.90. The van der Waals surface area contributed by atoms with Gasteiger partial charge in [0, 0.05) is 19.3 Å². The number of carbonyl (C=O) groups excluding carboxylic acids is 2. The number of nitrogens with one attached hydrogen (secondary N) is 1. The van der Waals surface area contributed by atoms with Crippen LogP contribution in [0.5, 0.6) is 0 Å². The molecule has 0 radical (unpaired) electrons. The van der Waals surface area contributed by atoms with Crippen LogP contribution in [0.15, 0.2) is 36.0 Å². The van der Waals surface area contributed by atoms with Gasteiger partial charge in [-0.15, -0.1) is 0 Å². The second-order valence-electron chi connectivity index (χ2n) is 6.75. The molecule has 0 bridgehead atoms. The van der Waals surface area contributed by atoms with Gasteiger partial charge in [0.15, 0.2) is 0 Å². The maximum absolute atomic E-state index is 12.6. The third-order valence-corrected chi connectivity index (χ3v) is 4.73. The average molecular weight is 399 g/mol. The van der Waals surface area contributed by atoms with Gasteiger partial charge < -0.3 is 20.1 Å². The lowest BCUT2D eigenvalue weighted by Crippen LogP contribution is -2.40. The number of benzene rings is 1. The fraction of sp³-hybridized carbons (Fsp3) is 0.429. The molecule has 1 heterocycles. The number of para-hydroxylation sites is 1. The van der Waals surface area contributed by atoms with Crippen LogP contribution in [-0.4, -0.2) is 47.5 Å². The number of ether oxygens (including phenoxy) is 1. The predicted octanol–water partition coefficient (Wildman–Crippen LogP) is 2.79. The third-order valence-electron chi connectivity index (χ3n) is 4.73. The number of amides is 1. The summed E-state index contributed by atoms with van der Waals surface area (Å²) in [6, 6.07) is 8.56. The van der Waals surface area contributed by atoms with E-state index in [-0.39, 0.29) is 18.7 Å². The Morgan fingerprint density at radius 2 is 2.00 bits per heavy atom. The zero-order chi connectivity index (χ0) is 21.2. The quantitative estimate of drug-likeness (QED) is 0.298. The lowest BCUT2D eigenvalue weighted by Gasteiger charge is -2.29. The largest absolute Gasteiger partial charge is 0.481 e. The number of hydrogen-bond acceptors (Lipinski definition) is 6. The second kappa shape index (κ2) is 10.9. The van der Waals surface area contributed by atoms with E-state index in [0.717, 1.165) is 12.8 Å². The summed E-state index contributed by atoms with van der Waals surface area (Å²) < 4.78 is 5.23. The van der Waals surface area contributed by atoms with E-state index in [2.05, 4.69) is 5.32 Å². The number of carboxylic acids is 1. The number of esters is 1. The minimum atomic E-state index is -0.864. The number of anilines is 1. The van der Waals surface area contributed by atoms with Crippen LogP contribution in [0.25, 0.3) is 0 Å². The first kappa shape index (κ1) is 22.0. The van der Waals surface area contributed by atoms with Crippen molar-refractivity contribution in [2.75, 3.05) is 25.0 Å². The smallest absolute Gasteiger partial charge is 0.340 e. The summed E-state index contributed by atoms with van der Waals surface area (Å²) >= 11 is 0. The Morgan fingerprint density at radius 3 is 2.62 bits per heavy atom. The van der Waals surface area contributed by atoms with E-state index in [4.69, 9.17) is 9.84 Å². The van der Waals surface area contributed by atoms with Crippen molar-refractivity contribution in [1.29, 1.82) is 5.26 Å². The van der Waals surface area contributed by atoms with Gasteiger partial charge in [0.05, 0.1) is 23.8 Å². The van der Waals surface area contributed by atoms with E-state index >= 15 is 0 Å². The summed E-state index contributed by atoms with van der Waals surface area (Å²) in [5.41, 5.74) is 0.624. The molecule has 1 amide bonds. The molecule has 8 nitrogen and oxygen atoms in total. The Labute approximate surface area is 169 Å². The Bertz CT molecular complexity index is 820. The molecule has 0 unspecified atom stereocenters. The maximum Gasteiger partial charge on any atom is 0.340 e. The van der Waals surface area contributed by atoms with E-state index < -0.39 is 23.8 Å². The number of carbonyl (C=O) groups is 3. The lowest BCUT2D eigenvalue weighted by atomic mass is 9.97. The molecular formula is C21H25N3O5. The standard InChI is InChI=1S/C21H25N3O5/c1-2-3-12-29-21(28)17-6-4-5-7-18(17)23-14-16(13-22)19(25)24-10-8-15(9-11-24)20(26)27/h4-7,14-15,23H,2-3,8-12H2,1H3,(H,26,27)/b16-14-. The van der Waals surface area contributed by atoms with Gasteiger partial charge in [0.2, 0.25) is 0 Å². The monoisotopic (exact) mass is 399 g/mol. The lowest BCUT2D eigenvalue weighted by molar-refractivity contribution is -0.145. The summed E-state index contributed by atoms with van der Waals surface area (Å²) in [4.78, 5) is 37.3. The summed E-state index contributed by atoms with van der Waals surface area (Å²) in [6.07, 6.45) is 3.67. The average Bonchev–Trinajstić information content (AvgIpc) is 2.74. The number of aliphatic carboxylic acids is 1. The van der Waals surface area contributed by atoms with E-state index in [9.17, 15) is 19.6 Å². The molecule has 2 rings (SSSR count). The number of nitriles is 1. The molecule has 29 heavy (non-hydrogen) atoms. The highest BCUT2D eigenvalue weighted by Gasteiger charge is 2.28. The van der Waals surface area contributed by atoms with E-state index in [1.54, 1.807) is 24.3 Å². The van der Waals surface area contributed by atoms with Crippen LogP contribution in [-0.2, 0) is 14.3 Å². The zero-order valence-electron chi connectivity index (χ0n) is 16.4. The molecule has 8 heteroatoms. The van der Waals surface area contributed by atoms with Crippen molar-refractivity contribution in [3.63, 3.8) is 0 Å². The molecule has 1 aliphatic heterocycles. The van der Waals surface area contributed by atoms with Crippen LogP contribution in [0.3, 0.4) is 0 Å². The highest BCUT2D eigenvalue weighted by Crippen LogP contribution is 2.20. The molecule has 0 spiro atoms. The Morgan fingerprint density at radius 1 is 1.31 bits per heavy atom. The van der Waals surface area contributed by atoms with Crippen LogP contribution in [0.1, 0.15) is 43.0 Å². The van der Waals surface area contributed by atoms with Crippen molar-refractivity contribution < 1.29 is 24.2 Å². The van der Waals surface area contributed by atoms with E-state index in [0.29, 0.717) is 30.7 Å². The summed E-state index contributed by atoms with van der Waals surface area (Å²) in [7, 11) is 0. The van der Waals surface area contributed by atoms with Crippen molar-refractivity contribution in [2.24, 2.45) is 5.92 Å². The molecule has 0 saturated carbocycles. The topological polar surface area (TPSA) is 120 Å². The summed E-state index contributed by atoms with van der Waals surface area (Å²) in [5, 5.41) is 21.3. The number of rotatable bonds is 8. The molecule has 0 atom stereocenters. The van der Waals surface area contributed by atoms with Crippen molar-refractivity contribution in [3.8, 4) is 6.07 Å². The van der Waals surface area contributed by atoms with Crippen molar-refractivity contribution in [1.82, 2.24) is 4.90 Å². The predicted molar refractivity (Wildman–Crippen MR) is 106 cm³/mol. The Balaban J connectivity index is 2.06. The second-order valence-corrected chi connectivity index (χ2v) is 6.75. The summed E-state index contributed by atoms with van der Waals surface area (Å²) in [5.74, 6) is -2.27. The van der Waals surface area contributed by atoms with Gasteiger partial charge in [-0.3, -0.25) is 9.59 Å². The van der Waals surface area contributed by atoms with E-state index in [1.807, 2.05) is 13.0 Å². The molecule has 1 aromatic rings. The van der Waals surface area contributed by atoms with Crippen LogP contribution < -0.4 is 5.32 Å². The number of hydrogen-bond donors (Lipinski definition) is 2. The molecule has 0 aromatic heterocycles. The van der Waals surface area contributed by atoms with Crippen molar-refractivity contribution in [2.45, 2.75) is 32.6 Å². The normalized spacial score (nSPS) is 14.8. The fourth-order valence-electron chi connectivity index (χ4n) is 2.97. The van der Waals surface area contributed by atoms with Crippen molar-refractivity contribution in [3.05, 3.63) is 41.6 Å². The number of piperidine rings is 1. The Hall–Kier alpha value is -3.34. The fourth-order valence-corrected chi connectivity index (χ4v) is 2.97. The first-order chi connectivity index (χ1) is 14.0. The number of unbranched alkanes of at least 4 members (excludes halogenated alkanes) is 1. The highest BCUT2D eigenvalue weighted by molar-refractivity contribution is 5.99. The maximum atomic E-state index is 12.6. The molecule has 1 aliphatic rings. The molecule has 2 N–H and O–H groups in total. The van der Waals surface area contributed by atoms with E-state index in [1.165, 1.54) is 11.1 Å². The van der Waals surface area contributed by atoms with Crippen molar-refractivity contribution >= 4 is 23.5 Å². The Kier molecular flexibility index (Phi) is 8.22. The van der Waals surface area contributed by atoms with Gasteiger partial charge in [-0.2, -0.15) is 5.26 Å². The molecule has 0 aliphatic carbocycles. The van der Waals surface area contributed by atoms with Crippen LogP contribution in [0, 0.1) is 17.2 Å². The van der Waals surface area contributed by atoms with Gasteiger partial charge in [0.25, 0.3) is 5.91 Å². The molecular weight excluding hydrogens is 374 g/mol. The van der Waals surface area contributed by atoms with Gasteiger partial charge in [0.1, 0.15) is 11.6 Å². The van der Waals surface area contributed by atoms with Crippen LogP contribution >= 0.6 is 0 Å². The van der Waals surface area contributed by atoms with Gasteiger partial charge in [-0.25, -0.2) is 4.79 Å². The van der Waals surface area contributed by atoms with Gasteiger partial charge >= 0.3 is 11.9 Å². The minimum absolute atomic E-state index is 0.118. The highest BCUT2D eigenvalue weighted by atomic mass is 16.5. The number of carboxylic acid groups (broad SMARTS) is 1. The van der Waals surface area contributed by atoms with Gasteiger partial charge in [-0.05, 0) is 31.4 Å². The first-order valence-corrected chi connectivity index (χ1v) is 9.63. The third kappa shape index (κ3) is 6.07. The molecule has 154 valence electrons.